The minimum atomic E-state index is -0.567. The number of rotatable bonds is 3. The van der Waals surface area contributed by atoms with Crippen molar-refractivity contribution in [3.63, 3.8) is 0 Å². The summed E-state index contributed by atoms with van der Waals surface area (Å²) in [6.45, 7) is 3.75. The molecule has 1 N–H and O–H groups in total. The van der Waals surface area contributed by atoms with Gasteiger partial charge in [0.25, 0.3) is 11.8 Å². The Morgan fingerprint density at radius 1 is 1.47 bits per heavy atom. The van der Waals surface area contributed by atoms with Gasteiger partial charge in [-0.25, -0.2) is 0 Å². The summed E-state index contributed by atoms with van der Waals surface area (Å²) in [5, 5.41) is 2.66. The van der Waals surface area contributed by atoms with E-state index in [-0.39, 0.29) is 22.4 Å². The van der Waals surface area contributed by atoms with E-state index in [9.17, 15) is 9.59 Å². The summed E-state index contributed by atoms with van der Waals surface area (Å²) in [7, 11) is 0. The minimum Gasteiger partial charge on any atom is -0.445 e. The number of carbonyl (C=O) groups excluding carboxylic acids is 2. The molecular weight excluding hydrogens is 288 g/mol. The van der Waals surface area contributed by atoms with Crippen LogP contribution in [-0.4, -0.2) is 28.4 Å². The van der Waals surface area contributed by atoms with Gasteiger partial charge >= 0.3 is 0 Å². The van der Waals surface area contributed by atoms with Crippen molar-refractivity contribution < 1.29 is 14.0 Å². The Hall–Kier alpha value is -1.92. The molecule has 1 aliphatic rings. The number of furan rings is 1. The lowest BCUT2D eigenvalue weighted by Crippen LogP contribution is -2.53. The summed E-state index contributed by atoms with van der Waals surface area (Å²) in [5.74, 6) is -0.751. The van der Waals surface area contributed by atoms with Gasteiger partial charge in [0.15, 0.2) is 10.3 Å². The molecule has 2 heterocycles. The molecule has 1 saturated heterocycles. The average Bonchev–Trinajstić information content (AvgIpc) is 2.76. The maximum atomic E-state index is 12.1. The Morgan fingerprint density at radius 3 is 2.79 bits per heavy atom. The third kappa shape index (κ3) is 2.74. The van der Waals surface area contributed by atoms with Crippen molar-refractivity contribution in [2.24, 2.45) is 0 Å². The van der Waals surface area contributed by atoms with E-state index in [0.717, 1.165) is 0 Å². The van der Waals surface area contributed by atoms with Crippen LogP contribution in [0.3, 0.4) is 0 Å². The quantitative estimate of drug-likeness (QED) is 0.399. The first-order valence-corrected chi connectivity index (χ1v) is 6.06. The van der Waals surface area contributed by atoms with Crippen molar-refractivity contribution in [3.05, 3.63) is 41.3 Å². The molecular formula is C12H9ClN2O3S. The number of nitrogens with zero attached hydrogens (tertiary/aromatic N) is 1. The van der Waals surface area contributed by atoms with Gasteiger partial charge in [-0.3, -0.25) is 19.8 Å². The summed E-state index contributed by atoms with van der Waals surface area (Å²) < 4.78 is 5.09. The largest absolute Gasteiger partial charge is 0.445 e. The van der Waals surface area contributed by atoms with Crippen molar-refractivity contribution in [1.82, 2.24) is 10.2 Å². The molecule has 1 fully saturated rings. The van der Waals surface area contributed by atoms with Crippen LogP contribution in [0.25, 0.3) is 6.08 Å². The van der Waals surface area contributed by atoms with Gasteiger partial charge in [0.1, 0.15) is 11.3 Å². The minimum absolute atomic E-state index is 0.0597. The second-order valence-corrected chi connectivity index (χ2v) is 4.42. The standard InChI is InChI=1S/C12H9ClN2O3S/c1-2-5-15-11(17)8(10(16)14-12(15)19)6-7-3-4-9(13)18-7/h2-4,6H,1,5H2,(H,14,16,19)/b8-6+. The molecule has 7 heteroatoms. The first kappa shape index (κ1) is 13.5. The number of carbonyl (C=O) groups is 2. The highest BCUT2D eigenvalue weighted by Crippen LogP contribution is 2.18. The number of halogens is 1. The van der Waals surface area contributed by atoms with E-state index >= 15 is 0 Å². The van der Waals surface area contributed by atoms with Crippen LogP contribution in [0.15, 0.2) is 34.8 Å². The van der Waals surface area contributed by atoms with Crippen LogP contribution in [-0.2, 0) is 9.59 Å². The fraction of sp³-hybridized carbons (Fsp3) is 0.0833. The molecule has 19 heavy (non-hydrogen) atoms. The number of amides is 2. The molecule has 0 bridgehead atoms. The smallest absolute Gasteiger partial charge is 0.266 e. The van der Waals surface area contributed by atoms with Crippen molar-refractivity contribution in [2.75, 3.05) is 6.54 Å². The molecule has 0 unspecified atom stereocenters. The topological polar surface area (TPSA) is 62.6 Å². The summed E-state index contributed by atoms with van der Waals surface area (Å²) in [6, 6.07) is 3.08. The molecule has 2 rings (SSSR count). The predicted molar refractivity (Wildman–Crippen MR) is 74.3 cm³/mol. The Labute approximate surface area is 119 Å². The summed E-state index contributed by atoms with van der Waals surface area (Å²) in [5.41, 5.74) is -0.0681. The van der Waals surface area contributed by atoms with Crippen LogP contribution in [0, 0.1) is 0 Å². The highest BCUT2D eigenvalue weighted by atomic mass is 35.5. The van der Waals surface area contributed by atoms with E-state index in [1.807, 2.05) is 0 Å². The lowest BCUT2D eigenvalue weighted by Gasteiger charge is -2.27. The maximum Gasteiger partial charge on any atom is 0.266 e. The Morgan fingerprint density at radius 2 is 2.21 bits per heavy atom. The third-order valence-corrected chi connectivity index (χ3v) is 2.90. The van der Waals surface area contributed by atoms with Gasteiger partial charge in [-0.05, 0) is 42.0 Å². The summed E-state index contributed by atoms with van der Waals surface area (Å²) in [6.07, 6.45) is 2.84. The van der Waals surface area contributed by atoms with Crippen molar-refractivity contribution >= 4 is 46.8 Å². The average molecular weight is 297 g/mol. The van der Waals surface area contributed by atoms with Crippen molar-refractivity contribution in [2.45, 2.75) is 0 Å². The van der Waals surface area contributed by atoms with Crippen LogP contribution in [0.2, 0.25) is 5.22 Å². The van der Waals surface area contributed by atoms with Crippen molar-refractivity contribution in [1.29, 1.82) is 0 Å². The highest BCUT2D eigenvalue weighted by molar-refractivity contribution is 7.80. The summed E-state index contributed by atoms with van der Waals surface area (Å²) >= 11 is 10.5. The lowest BCUT2D eigenvalue weighted by molar-refractivity contribution is -0.128. The number of hydrogen-bond acceptors (Lipinski definition) is 4. The first-order valence-electron chi connectivity index (χ1n) is 5.28. The van der Waals surface area contributed by atoms with Gasteiger partial charge in [-0.15, -0.1) is 6.58 Å². The SMILES string of the molecule is C=CCN1C(=O)/C(=C/c2ccc(Cl)o2)C(=O)NC1=S. The molecule has 0 saturated carbocycles. The third-order valence-electron chi connectivity index (χ3n) is 2.38. The number of nitrogens with one attached hydrogen (secondary N) is 1. The molecule has 98 valence electrons. The van der Waals surface area contributed by atoms with E-state index in [0.29, 0.717) is 5.76 Å². The number of hydrogen-bond donors (Lipinski definition) is 1. The monoisotopic (exact) mass is 296 g/mol. The Bertz CT molecular complexity index is 606. The van der Waals surface area contributed by atoms with Crippen molar-refractivity contribution in [3.8, 4) is 0 Å². The second-order valence-electron chi connectivity index (χ2n) is 3.66. The second kappa shape index (κ2) is 5.38. The molecule has 1 aromatic rings. The molecule has 0 radical (unpaired) electrons. The molecule has 1 aromatic heterocycles. The molecule has 0 aromatic carbocycles. The van der Waals surface area contributed by atoms with Gasteiger partial charge in [0.2, 0.25) is 0 Å². The predicted octanol–water partition coefficient (Wildman–Crippen LogP) is 1.75. The van der Waals surface area contributed by atoms with Crippen LogP contribution in [0.4, 0.5) is 0 Å². The molecule has 0 atom stereocenters. The van der Waals surface area contributed by atoms with Gasteiger partial charge < -0.3 is 4.42 Å². The van der Waals surface area contributed by atoms with E-state index < -0.39 is 11.8 Å². The van der Waals surface area contributed by atoms with E-state index in [2.05, 4.69) is 11.9 Å². The molecule has 0 aliphatic carbocycles. The zero-order chi connectivity index (χ0) is 14.0. The van der Waals surface area contributed by atoms with E-state index in [1.165, 1.54) is 23.1 Å². The van der Waals surface area contributed by atoms with Gasteiger partial charge in [0, 0.05) is 6.54 Å². The molecule has 1 aliphatic heterocycles. The summed E-state index contributed by atoms with van der Waals surface area (Å²) in [4.78, 5) is 25.1. The Kier molecular flexibility index (Phi) is 3.82. The van der Waals surface area contributed by atoms with Gasteiger partial charge in [0.05, 0.1) is 0 Å². The Balaban J connectivity index is 2.35. The lowest BCUT2D eigenvalue weighted by atomic mass is 10.1. The number of thiocarbonyl (C=S) groups is 1. The zero-order valence-electron chi connectivity index (χ0n) is 9.68. The molecule has 0 spiro atoms. The maximum absolute atomic E-state index is 12.1. The first-order chi connectivity index (χ1) is 9.02. The van der Waals surface area contributed by atoms with Gasteiger partial charge in [-0.2, -0.15) is 0 Å². The van der Waals surface area contributed by atoms with E-state index in [1.54, 1.807) is 6.07 Å². The van der Waals surface area contributed by atoms with Crippen LogP contribution in [0.5, 0.6) is 0 Å². The van der Waals surface area contributed by atoms with Crippen LogP contribution < -0.4 is 5.32 Å². The molecule has 5 nitrogen and oxygen atoms in total. The fourth-order valence-corrected chi connectivity index (χ4v) is 1.94. The highest BCUT2D eigenvalue weighted by Gasteiger charge is 2.32. The van der Waals surface area contributed by atoms with Crippen LogP contribution in [0.1, 0.15) is 5.76 Å². The van der Waals surface area contributed by atoms with Gasteiger partial charge in [-0.1, -0.05) is 6.08 Å². The van der Waals surface area contributed by atoms with E-state index in [4.69, 9.17) is 28.2 Å². The van der Waals surface area contributed by atoms with Crippen LogP contribution >= 0.6 is 23.8 Å². The zero-order valence-corrected chi connectivity index (χ0v) is 11.3. The molecule has 2 amide bonds. The normalized spacial score (nSPS) is 17.8. The fourth-order valence-electron chi connectivity index (χ4n) is 1.54.